The van der Waals surface area contributed by atoms with E-state index < -0.39 is 21.8 Å². The summed E-state index contributed by atoms with van der Waals surface area (Å²) < 4.78 is 23.7. The number of aromatic amines is 1. The van der Waals surface area contributed by atoms with Gasteiger partial charge in [0.05, 0.1) is 27.5 Å². The zero-order valence-corrected chi connectivity index (χ0v) is 14.1. The molecule has 0 aliphatic heterocycles. The Morgan fingerprint density at radius 1 is 1.12 bits per heavy atom. The topological polar surface area (TPSA) is 91.9 Å². The van der Waals surface area contributed by atoms with Gasteiger partial charge in [-0.15, -0.1) is 0 Å². The van der Waals surface area contributed by atoms with Gasteiger partial charge in [0, 0.05) is 6.26 Å². The lowest BCUT2D eigenvalue weighted by Gasteiger charge is -2.13. The second-order valence-electron chi connectivity index (χ2n) is 5.60. The molecule has 0 fully saturated rings. The first-order valence-electron chi connectivity index (χ1n) is 7.41. The van der Waals surface area contributed by atoms with Crippen LogP contribution in [0, 0.1) is 0 Å². The van der Waals surface area contributed by atoms with Crippen molar-refractivity contribution in [3.05, 3.63) is 59.9 Å². The lowest BCUT2D eigenvalue weighted by Crippen LogP contribution is -2.28. The third-order valence-electron chi connectivity index (χ3n) is 3.70. The molecule has 24 heavy (non-hydrogen) atoms. The van der Waals surface area contributed by atoms with Gasteiger partial charge in [-0.05, 0) is 31.2 Å². The predicted molar refractivity (Wildman–Crippen MR) is 91.5 cm³/mol. The fourth-order valence-corrected chi connectivity index (χ4v) is 3.38. The maximum atomic E-state index is 12.5. The van der Waals surface area contributed by atoms with Crippen molar-refractivity contribution >= 4 is 26.8 Å². The molecular formula is C17H17N3O3S. The molecule has 0 bridgehead atoms. The molecule has 0 radical (unpaired) electrons. The van der Waals surface area contributed by atoms with E-state index in [1.165, 1.54) is 12.1 Å². The van der Waals surface area contributed by atoms with Gasteiger partial charge in [0.15, 0.2) is 9.84 Å². The molecule has 7 heteroatoms. The number of amides is 1. The molecular weight excluding hydrogens is 326 g/mol. The molecule has 1 aromatic heterocycles. The average Bonchev–Trinajstić information content (AvgIpc) is 2.98. The van der Waals surface area contributed by atoms with Crippen molar-refractivity contribution in [3.63, 3.8) is 0 Å². The number of fused-ring (bicyclic) bond motifs is 1. The van der Waals surface area contributed by atoms with E-state index in [0.29, 0.717) is 5.82 Å². The van der Waals surface area contributed by atoms with E-state index in [1.54, 1.807) is 19.1 Å². The summed E-state index contributed by atoms with van der Waals surface area (Å²) in [4.78, 5) is 20.1. The summed E-state index contributed by atoms with van der Waals surface area (Å²) in [6.07, 6.45) is 1.09. The Balaban J connectivity index is 1.87. The van der Waals surface area contributed by atoms with Crippen LogP contribution in [-0.4, -0.2) is 30.5 Å². The number of nitrogens with one attached hydrogen (secondary N) is 2. The highest BCUT2D eigenvalue weighted by Gasteiger charge is 2.20. The number of carbonyl (C=O) groups is 1. The van der Waals surface area contributed by atoms with Crippen molar-refractivity contribution in [2.75, 3.05) is 6.26 Å². The van der Waals surface area contributed by atoms with E-state index >= 15 is 0 Å². The standard InChI is InChI=1S/C17H17N3O3S/c1-11(16-19-13-8-4-5-9-14(13)20-16)18-17(21)12-7-3-6-10-15(12)24(2,22)23/h3-11H,1-2H3,(H,18,21)(H,19,20). The second kappa shape index (κ2) is 6.09. The van der Waals surface area contributed by atoms with Crippen molar-refractivity contribution in [1.82, 2.24) is 15.3 Å². The van der Waals surface area contributed by atoms with E-state index in [9.17, 15) is 13.2 Å². The molecule has 0 spiro atoms. The molecule has 124 valence electrons. The average molecular weight is 343 g/mol. The Morgan fingerprint density at radius 2 is 1.79 bits per heavy atom. The smallest absolute Gasteiger partial charge is 0.253 e. The molecule has 2 N–H and O–H groups in total. The minimum atomic E-state index is -3.48. The number of nitrogens with zero attached hydrogens (tertiary/aromatic N) is 1. The van der Waals surface area contributed by atoms with Crippen molar-refractivity contribution in [2.45, 2.75) is 17.9 Å². The maximum Gasteiger partial charge on any atom is 0.253 e. The number of benzene rings is 2. The van der Waals surface area contributed by atoms with E-state index in [4.69, 9.17) is 0 Å². The van der Waals surface area contributed by atoms with Gasteiger partial charge >= 0.3 is 0 Å². The quantitative estimate of drug-likeness (QED) is 0.761. The number of sulfone groups is 1. The zero-order valence-electron chi connectivity index (χ0n) is 13.3. The van der Waals surface area contributed by atoms with Crippen LogP contribution in [0.1, 0.15) is 29.1 Å². The normalized spacial score (nSPS) is 12.9. The van der Waals surface area contributed by atoms with Crippen LogP contribution in [0.4, 0.5) is 0 Å². The van der Waals surface area contributed by atoms with Gasteiger partial charge in [-0.3, -0.25) is 4.79 Å². The molecule has 0 saturated carbocycles. The lowest BCUT2D eigenvalue weighted by atomic mass is 10.2. The van der Waals surface area contributed by atoms with Gasteiger partial charge in [0.1, 0.15) is 5.82 Å². The van der Waals surface area contributed by atoms with Gasteiger partial charge in [0.2, 0.25) is 0 Å². The van der Waals surface area contributed by atoms with Crippen LogP contribution in [0.3, 0.4) is 0 Å². The third-order valence-corrected chi connectivity index (χ3v) is 4.85. The van der Waals surface area contributed by atoms with Crippen LogP contribution in [-0.2, 0) is 9.84 Å². The van der Waals surface area contributed by atoms with E-state index in [1.807, 2.05) is 24.3 Å². The Bertz CT molecular complexity index is 976. The Labute approximate surface area is 139 Å². The molecule has 1 heterocycles. The van der Waals surface area contributed by atoms with Gasteiger partial charge < -0.3 is 10.3 Å². The first kappa shape index (κ1) is 16.2. The summed E-state index contributed by atoms with van der Waals surface area (Å²) in [7, 11) is -3.48. The number of hydrogen-bond acceptors (Lipinski definition) is 4. The van der Waals surface area contributed by atoms with E-state index in [0.717, 1.165) is 17.3 Å². The number of aromatic nitrogens is 2. The summed E-state index contributed by atoms with van der Waals surface area (Å²) in [5.41, 5.74) is 1.82. The molecule has 3 aromatic rings. The predicted octanol–water partition coefficient (Wildman–Crippen LogP) is 2.46. The number of imidazole rings is 1. The fourth-order valence-electron chi connectivity index (χ4n) is 2.50. The van der Waals surface area contributed by atoms with Gasteiger partial charge in [-0.1, -0.05) is 24.3 Å². The largest absolute Gasteiger partial charge is 0.342 e. The van der Waals surface area contributed by atoms with Crippen molar-refractivity contribution in [2.24, 2.45) is 0 Å². The van der Waals surface area contributed by atoms with Crippen LogP contribution in [0.2, 0.25) is 0 Å². The van der Waals surface area contributed by atoms with E-state index in [2.05, 4.69) is 15.3 Å². The van der Waals surface area contributed by atoms with Crippen LogP contribution in [0.25, 0.3) is 11.0 Å². The molecule has 1 atom stereocenters. The van der Waals surface area contributed by atoms with Crippen LogP contribution in [0.5, 0.6) is 0 Å². The highest BCUT2D eigenvalue weighted by atomic mass is 32.2. The number of H-pyrrole nitrogens is 1. The maximum absolute atomic E-state index is 12.5. The van der Waals surface area contributed by atoms with E-state index in [-0.39, 0.29) is 10.5 Å². The summed E-state index contributed by atoms with van der Waals surface area (Å²) in [5.74, 6) is 0.158. The van der Waals surface area contributed by atoms with Gasteiger partial charge in [-0.25, -0.2) is 13.4 Å². The highest BCUT2D eigenvalue weighted by molar-refractivity contribution is 7.90. The fraction of sp³-hybridized carbons (Fsp3) is 0.176. The zero-order chi connectivity index (χ0) is 17.3. The van der Waals surface area contributed by atoms with Crippen LogP contribution < -0.4 is 5.32 Å². The number of carbonyl (C=O) groups excluding carboxylic acids is 1. The Kier molecular flexibility index (Phi) is 4.11. The molecule has 6 nitrogen and oxygen atoms in total. The summed E-state index contributed by atoms with van der Waals surface area (Å²) >= 11 is 0. The molecule has 2 aromatic carbocycles. The number of hydrogen-bond donors (Lipinski definition) is 2. The molecule has 1 amide bonds. The summed E-state index contributed by atoms with van der Waals surface area (Å²) in [6.45, 7) is 1.79. The number of rotatable bonds is 4. The lowest BCUT2D eigenvalue weighted by molar-refractivity contribution is 0.0935. The minimum Gasteiger partial charge on any atom is -0.342 e. The van der Waals surface area contributed by atoms with Gasteiger partial charge in [0.25, 0.3) is 5.91 Å². The van der Waals surface area contributed by atoms with Gasteiger partial charge in [-0.2, -0.15) is 0 Å². The van der Waals surface area contributed by atoms with Crippen molar-refractivity contribution in [1.29, 1.82) is 0 Å². The highest BCUT2D eigenvalue weighted by Crippen LogP contribution is 2.18. The van der Waals surface area contributed by atoms with Crippen LogP contribution >= 0.6 is 0 Å². The second-order valence-corrected chi connectivity index (χ2v) is 7.59. The van der Waals surface area contributed by atoms with Crippen molar-refractivity contribution in [3.8, 4) is 0 Å². The summed E-state index contributed by atoms with van der Waals surface area (Å²) in [5, 5.41) is 2.79. The summed E-state index contributed by atoms with van der Waals surface area (Å²) in [6, 6.07) is 13.3. The number of para-hydroxylation sites is 2. The Morgan fingerprint density at radius 3 is 2.50 bits per heavy atom. The first-order chi connectivity index (χ1) is 11.4. The molecule has 0 aliphatic carbocycles. The van der Waals surface area contributed by atoms with Crippen LogP contribution in [0.15, 0.2) is 53.4 Å². The molecule has 1 unspecified atom stereocenters. The Hall–Kier alpha value is -2.67. The molecule has 0 saturated heterocycles. The molecule has 3 rings (SSSR count). The molecule has 0 aliphatic rings. The monoisotopic (exact) mass is 343 g/mol. The van der Waals surface area contributed by atoms with Crippen molar-refractivity contribution < 1.29 is 13.2 Å². The SMILES string of the molecule is CC(NC(=O)c1ccccc1S(C)(=O)=O)c1nc2ccccc2[nH]1. The first-order valence-corrected chi connectivity index (χ1v) is 9.30. The third kappa shape index (κ3) is 3.16. The minimum absolute atomic E-state index is 0.0132.